The Bertz CT molecular complexity index is 546. The molecule has 19 heavy (non-hydrogen) atoms. The van der Waals surface area contributed by atoms with Crippen LogP contribution in [-0.4, -0.2) is 20.1 Å². The van der Waals surface area contributed by atoms with Crippen molar-refractivity contribution in [2.24, 2.45) is 0 Å². The van der Waals surface area contributed by atoms with E-state index in [1.165, 1.54) is 0 Å². The number of hydrogen-bond acceptors (Lipinski definition) is 2. The lowest BCUT2D eigenvalue weighted by Crippen LogP contribution is -2.18. The first kappa shape index (κ1) is 16.4. The Kier molecular flexibility index (Phi) is 5.34. The second-order valence-electron chi connectivity index (χ2n) is 3.66. The number of benzene rings is 1. The van der Waals surface area contributed by atoms with Crippen LogP contribution in [0.15, 0.2) is 18.2 Å². The van der Waals surface area contributed by atoms with Gasteiger partial charge in [-0.25, -0.2) is 8.42 Å². The average Bonchev–Trinajstić information content (AvgIpc) is 2.28. The lowest BCUT2D eigenvalue weighted by Gasteiger charge is -2.12. The molecule has 0 fully saturated rings. The standard InChI is InChI=1S/C10H10Cl2F3NO2S/c11-4-1-5-19(17,18)16-9-6-7(10(13,14)15)2-3-8(9)12/h2-3,6,16H,1,4-5H2. The molecule has 0 unspecified atom stereocenters. The Morgan fingerprint density at radius 2 is 1.89 bits per heavy atom. The predicted octanol–water partition coefficient (Wildman–Crippen LogP) is 3.73. The molecule has 0 aliphatic rings. The first-order chi connectivity index (χ1) is 8.65. The summed E-state index contributed by atoms with van der Waals surface area (Å²) in [6, 6.07) is 2.42. The van der Waals surface area contributed by atoms with E-state index in [4.69, 9.17) is 23.2 Å². The summed E-state index contributed by atoms with van der Waals surface area (Å²) in [7, 11) is -3.77. The second-order valence-corrected chi connectivity index (χ2v) is 6.28. The van der Waals surface area contributed by atoms with Crippen molar-refractivity contribution >= 4 is 38.9 Å². The molecule has 0 saturated heterocycles. The van der Waals surface area contributed by atoms with E-state index in [1.807, 2.05) is 4.72 Å². The Hall–Kier alpha value is -0.660. The van der Waals surface area contributed by atoms with Gasteiger partial charge in [0, 0.05) is 5.88 Å². The van der Waals surface area contributed by atoms with Gasteiger partial charge >= 0.3 is 6.18 Å². The van der Waals surface area contributed by atoms with Gasteiger partial charge in [-0.15, -0.1) is 11.6 Å². The molecule has 108 valence electrons. The number of hydrogen-bond donors (Lipinski definition) is 1. The van der Waals surface area contributed by atoms with Crippen molar-refractivity contribution in [1.29, 1.82) is 0 Å². The van der Waals surface area contributed by atoms with Crippen molar-refractivity contribution in [3.63, 3.8) is 0 Å². The molecule has 3 nitrogen and oxygen atoms in total. The number of rotatable bonds is 5. The predicted molar refractivity (Wildman–Crippen MR) is 69.2 cm³/mol. The van der Waals surface area contributed by atoms with E-state index >= 15 is 0 Å². The van der Waals surface area contributed by atoms with Gasteiger partial charge in [0.25, 0.3) is 0 Å². The van der Waals surface area contributed by atoms with Crippen LogP contribution in [0.25, 0.3) is 0 Å². The minimum atomic E-state index is -4.57. The monoisotopic (exact) mass is 335 g/mol. The lowest BCUT2D eigenvalue weighted by atomic mass is 10.2. The van der Waals surface area contributed by atoms with E-state index in [-0.39, 0.29) is 28.8 Å². The molecule has 0 saturated carbocycles. The minimum Gasteiger partial charge on any atom is -0.282 e. The molecule has 0 aliphatic heterocycles. The van der Waals surface area contributed by atoms with Crippen LogP contribution in [0.3, 0.4) is 0 Å². The normalized spacial score (nSPS) is 12.5. The largest absolute Gasteiger partial charge is 0.416 e. The van der Waals surface area contributed by atoms with E-state index in [9.17, 15) is 21.6 Å². The maximum atomic E-state index is 12.5. The first-order valence-corrected chi connectivity index (χ1v) is 7.65. The highest BCUT2D eigenvalue weighted by Gasteiger charge is 2.31. The summed E-state index contributed by atoms with van der Waals surface area (Å²) >= 11 is 11.0. The Labute approximate surface area is 118 Å². The number of halogens is 5. The Balaban J connectivity index is 3.01. The molecule has 0 aromatic heterocycles. The van der Waals surface area contributed by atoms with Gasteiger partial charge in [-0.3, -0.25) is 4.72 Å². The molecule has 0 aliphatic carbocycles. The summed E-state index contributed by atoms with van der Waals surface area (Å²) in [6.07, 6.45) is -4.38. The van der Waals surface area contributed by atoms with Gasteiger partial charge in [0.1, 0.15) is 0 Å². The highest BCUT2D eigenvalue weighted by Crippen LogP contribution is 2.34. The average molecular weight is 336 g/mol. The smallest absolute Gasteiger partial charge is 0.282 e. The van der Waals surface area contributed by atoms with Crippen molar-refractivity contribution in [3.8, 4) is 0 Å². The minimum absolute atomic E-state index is 0.109. The zero-order valence-electron chi connectivity index (χ0n) is 9.47. The zero-order chi connectivity index (χ0) is 14.7. The van der Waals surface area contributed by atoms with E-state index in [2.05, 4.69) is 0 Å². The summed E-state index contributed by atoms with van der Waals surface area (Å²) in [4.78, 5) is 0. The number of sulfonamides is 1. The highest BCUT2D eigenvalue weighted by atomic mass is 35.5. The SMILES string of the molecule is O=S(=O)(CCCCl)Nc1cc(C(F)(F)F)ccc1Cl. The summed E-state index contributed by atoms with van der Waals surface area (Å²) in [6.45, 7) is 0. The van der Waals surface area contributed by atoms with Crippen molar-refractivity contribution < 1.29 is 21.6 Å². The van der Waals surface area contributed by atoms with Gasteiger partial charge in [-0.05, 0) is 24.6 Å². The molecule has 1 aromatic rings. The molecular weight excluding hydrogens is 326 g/mol. The molecule has 0 radical (unpaired) electrons. The summed E-state index contributed by atoms with van der Waals surface area (Å²) in [5.74, 6) is -0.152. The molecule has 1 rings (SSSR count). The topological polar surface area (TPSA) is 46.2 Å². The number of nitrogens with one attached hydrogen (secondary N) is 1. The molecule has 0 amide bonds. The van der Waals surface area contributed by atoms with Crippen molar-refractivity contribution in [2.75, 3.05) is 16.4 Å². The van der Waals surface area contributed by atoms with Crippen molar-refractivity contribution in [1.82, 2.24) is 0 Å². The van der Waals surface area contributed by atoms with E-state index in [1.54, 1.807) is 0 Å². The van der Waals surface area contributed by atoms with Crippen LogP contribution in [0.1, 0.15) is 12.0 Å². The molecular formula is C10H10Cl2F3NO2S. The second kappa shape index (κ2) is 6.19. The van der Waals surface area contributed by atoms with Crippen molar-refractivity contribution in [2.45, 2.75) is 12.6 Å². The van der Waals surface area contributed by atoms with Gasteiger partial charge in [-0.1, -0.05) is 11.6 Å². The van der Waals surface area contributed by atoms with Gasteiger partial charge in [0.2, 0.25) is 10.0 Å². The van der Waals surface area contributed by atoms with Gasteiger partial charge in [0.05, 0.1) is 22.0 Å². The summed E-state index contributed by atoms with van der Waals surface area (Å²) in [5, 5.41) is -0.109. The number of alkyl halides is 4. The fourth-order valence-electron chi connectivity index (χ4n) is 1.24. The highest BCUT2D eigenvalue weighted by molar-refractivity contribution is 7.92. The summed E-state index contributed by atoms with van der Waals surface area (Å²) in [5.41, 5.74) is -1.28. The molecule has 0 atom stereocenters. The first-order valence-electron chi connectivity index (χ1n) is 5.09. The quantitative estimate of drug-likeness (QED) is 0.833. The van der Waals surface area contributed by atoms with Crippen LogP contribution in [0.2, 0.25) is 5.02 Å². The van der Waals surface area contributed by atoms with Crippen LogP contribution in [0.4, 0.5) is 18.9 Å². The van der Waals surface area contributed by atoms with Crippen LogP contribution >= 0.6 is 23.2 Å². The van der Waals surface area contributed by atoms with Gasteiger partial charge in [-0.2, -0.15) is 13.2 Å². The Morgan fingerprint density at radius 1 is 1.26 bits per heavy atom. The van der Waals surface area contributed by atoms with Crippen LogP contribution < -0.4 is 4.72 Å². The lowest BCUT2D eigenvalue weighted by molar-refractivity contribution is -0.137. The molecule has 0 spiro atoms. The van der Waals surface area contributed by atoms with Crippen molar-refractivity contribution in [3.05, 3.63) is 28.8 Å². The molecule has 0 heterocycles. The maximum absolute atomic E-state index is 12.5. The van der Waals surface area contributed by atoms with E-state index in [0.717, 1.165) is 12.1 Å². The summed E-state index contributed by atoms with van der Waals surface area (Å²) < 4.78 is 62.6. The fourth-order valence-corrected chi connectivity index (χ4v) is 2.89. The maximum Gasteiger partial charge on any atom is 0.416 e. The molecule has 1 aromatic carbocycles. The zero-order valence-corrected chi connectivity index (χ0v) is 11.8. The molecule has 9 heteroatoms. The number of anilines is 1. The van der Waals surface area contributed by atoms with Crippen LogP contribution in [-0.2, 0) is 16.2 Å². The third-order valence-electron chi connectivity index (χ3n) is 2.11. The van der Waals surface area contributed by atoms with Crippen LogP contribution in [0.5, 0.6) is 0 Å². The van der Waals surface area contributed by atoms with Gasteiger partial charge < -0.3 is 0 Å². The third-order valence-corrected chi connectivity index (χ3v) is 4.06. The van der Waals surface area contributed by atoms with E-state index < -0.39 is 21.8 Å². The van der Waals surface area contributed by atoms with E-state index in [0.29, 0.717) is 6.07 Å². The molecule has 0 bridgehead atoms. The third kappa shape index (κ3) is 5.08. The fraction of sp³-hybridized carbons (Fsp3) is 0.400. The molecule has 1 N–H and O–H groups in total. The van der Waals surface area contributed by atoms with Gasteiger partial charge in [0.15, 0.2) is 0 Å². The Morgan fingerprint density at radius 3 is 2.42 bits per heavy atom. The van der Waals surface area contributed by atoms with Crippen LogP contribution in [0, 0.1) is 0 Å².